The van der Waals surface area contributed by atoms with Crippen molar-refractivity contribution < 1.29 is 13.9 Å². The zero-order valence-corrected chi connectivity index (χ0v) is 20.4. The van der Waals surface area contributed by atoms with Gasteiger partial charge in [-0.05, 0) is 62.2 Å². The van der Waals surface area contributed by atoms with E-state index in [0.29, 0.717) is 29.9 Å². The van der Waals surface area contributed by atoms with Crippen LogP contribution in [-0.4, -0.2) is 31.4 Å². The number of amides is 1. The molecule has 0 unspecified atom stereocenters. The average Bonchev–Trinajstić information content (AvgIpc) is 3.03. The molecular formula is C26H24FN5O2S. The number of thioether (sulfide) groups is 1. The molecule has 1 atom stereocenters. The fourth-order valence-electron chi connectivity index (χ4n) is 4.08. The van der Waals surface area contributed by atoms with Gasteiger partial charge in [0.15, 0.2) is 0 Å². The summed E-state index contributed by atoms with van der Waals surface area (Å²) in [5.74, 6) is 1.70. The number of fused-ring (bicyclic) bond motifs is 1. The Balaban J connectivity index is 1.44. The average molecular weight is 490 g/mol. The molecule has 0 radical (unpaired) electrons. The molecule has 2 aromatic heterocycles. The van der Waals surface area contributed by atoms with E-state index in [2.05, 4.69) is 15.3 Å². The number of nitrogens with one attached hydrogen (secondary N) is 1. The van der Waals surface area contributed by atoms with Gasteiger partial charge in [0.05, 0.1) is 16.7 Å². The van der Waals surface area contributed by atoms with Crippen molar-refractivity contribution in [2.24, 2.45) is 0 Å². The number of ether oxygens (including phenoxy) is 1. The van der Waals surface area contributed by atoms with Crippen LogP contribution in [0.1, 0.15) is 39.0 Å². The summed E-state index contributed by atoms with van der Waals surface area (Å²) in [6.07, 6.45) is 0. The highest BCUT2D eigenvalue weighted by molar-refractivity contribution is 8.00. The molecular weight excluding hydrogens is 465 g/mol. The lowest BCUT2D eigenvalue weighted by atomic mass is 10.0. The Morgan fingerprint density at radius 1 is 1.06 bits per heavy atom. The molecule has 0 saturated heterocycles. The van der Waals surface area contributed by atoms with E-state index in [-0.39, 0.29) is 17.0 Å². The van der Waals surface area contributed by atoms with Crippen LogP contribution in [0.25, 0.3) is 5.95 Å². The number of anilines is 1. The van der Waals surface area contributed by atoms with E-state index in [1.807, 2.05) is 51.1 Å². The van der Waals surface area contributed by atoms with E-state index in [9.17, 15) is 9.18 Å². The summed E-state index contributed by atoms with van der Waals surface area (Å²) in [6.45, 7) is 6.10. The number of benzene rings is 2. The lowest BCUT2D eigenvalue weighted by Gasteiger charge is -2.16. The number of hydrogen-bond donors (Lipinski definition) is 1. The predicted molar refractivity (Wildman–Crippen MR) is 133 cm³/mol. The fraction of sp³-hybridized carbons (Fsp3) is 0.231. The second-order valence-corrected chi connectivity index (χ2v) is 9.53. The van der Waals surface area contributed by atoms with Crippen LogP contribution in [0.5, 0.6) is 5.75 Å². The summed E-state index contributed by atoms with van der Waals surface area (Å²) in [4.78, 5) is 21.7. The molecule has 1 aliphatic rings. The first kappa shape index (κ1) is 23.0. The molecule has 0 spiro atoms. The van der Waals surface area contributed by atoms with E-state index in [1.54, 1.807) is 28.6 Å². The maximum atomic E-state index is 13.1. The molecule has 2 aromatic carbocycles. The van der Waals surface area contributed by atoms with E-state index in [1.165, 1.54) is 12.1 Å². The quantitative estimate of drug-likeness (QED) is 0.421. The third kappa shape index (κ3) is 4.90. The second kappa shape index (κ2) is 9.50. The Kier molecular flexibility index (Phi) is 6.25. The lowest BCUT2D eigenvalue weighted by molar-refractivity contribution is -0.113. The number of nitrogens with zero attached hydrogens (tertiary/aromatic N) is 4. The molecule has 35 heavy (non-hydrogen) atoms. The molecule has 0 aliphatic carbocycles. The summed E-state index contributed by atoms with van der Waals surface area (Å²) in [5, 5.41) is 7.61. The Bertz CT molecular complexity index is 1370. The summed E-state index contributed by atoms with van der Waals surface area (Å²) >= 11 is 1.55. The van der Waals surface area contributed by atoms with Crippen LogP contribution in [0.15, 0.2) is 54.6 Å². The van der Waals surface area contributed by atoms with E-state index < -0.39 is 0 Å². The number of carbonyl (C=O) groups is 1. The van der Waals surface area contributed by atoms with Gasteiger partial charge in [-0.3, -0.25) is 4.79 Å². The molecule has 0 fully saturated rings. The highest BCUT2D eigenvalue weighted by atomic mass is 32.2. The van der Waals surface area contributed by atoms with Crippen molar-refractivity contribution in [2.75, 3.05) is 11.1 Å². The fourth-order valence-corrected chi connectivity index (χ4v) is 5.27. The molecule has 3 heterocycles. The number of carbonyl (C=O) groups excluding carboxylic acids is 1. The van der Waals surface area contributed by atoms with Gasteiger partial charge in [0.1, 0.15) is 24.0 Å². The van der Waals surface area contributed by atoms with Crippen LogP contribution in [0.3, 0.4) is 0 Å². The predicted octanol–water partition coefficient (Wildman–Crippen LogP) is 5.08. The number of halogens is 1. The van der Waals surface area contributed by atoms with Crippen molar-refractivity contribution in [3.05, 3.63) is 94.2 Å². The Hall–Kier alpha value is -3.72. The lowest BCUT2D eigenvalue weighted by Crippen LogP contribution is -2.17. The van der Waals surface area contributed by atoms with Gasteiger partial charge >= 0.3 is 0 Å². The molecule has 7 nitrogen and oxygen atoms in total. The van der Waals surface area contributed by atoms with Gasteiger partial charge in [0, 0.05) is 17.0 Å². The molecule has 0 bridgehead atoms. The largest absolute Gasteiger partial charge is 0.489 e. The molecule has 0 saturated carbocycles. The number of hydrogen-bond acceptors (Lipinski definition) is 6. The molecule has 4 aromatic rings. The minimum atomic E-state index is -0.269. The summed E-state index contributed by atoms with van der Waals surface area (Å²) in [7, 11) is 0. The van der Waals surface area contributed by atoms with Crippen LogP contribution in [0.4, 0.5) is 10.2 Å². The highest BCUT2D eigenvalue weighted by Crippen LogP contribution is 2.44. The summed E-state index contributed by atoms with van der Waals surface area (Å²) in [5.41, 5.74) is 5.32. The van der Waals surface area contributed by atoms with Crippen LogP contribution >= 0.6 is 11.8 Å². The Morgan fingerprint density at radius 3 is 2.43 bits per heavy atom. The molecule has 1 aliphatic heterocycles. The molecule has 1 N–H and O–H groups in total. The molecule has 9 heteroatoms. The monoisotopic (exact) mass is 489 g/mol. The smallest absolute Gasteiger partial charge is 0.252 e. The van der Waals surface area contributed by atoms with Crippen LogP contribution in [0.2, 0.25) is 0 Å². The van der Waals surface area contributed by atoms with Crippen LogP contribution < -0.4 is 10.1 Å². The van der Waals surface area contributed by atoms with Crippen molar-refractivity contribution in [3.63, 3.8) is 0 Å². The molecule has 178 valence electrons. The van der Waals surface area contributed by atoms with Crippen LogP contribution in [0, 0.1) is 26.6 Å². The zero-order chi connectivity index (χ0) is 24.5. The standard InChI is InChI=1S/C26H24FN5O2S/c1-15-12-16(2)29-26(28-15)32-25-23(17(3)31-32)24(35-14-22(33)30-25)19-6-10-21(11-7-19)34-13-18-4-8-20(27)9-5-18/h4-12,24H,13-14H2,1-3H3,(H,30,33)/t24-/m0/s1. The SMILES string of the molecule is Cc1cc(C)nc(-n2nc(C)c3c2NC(=O)CS[C@H]3c2ccc(OCc3ccc(F)cc3)cc2)n1. The topological polar surface area (TPSA) is 81.9 Å². The summed E-state index contributed by atoms with van der Waals surface area (Å²) < 4.78 is 20.6. The molecule has 1 amide bonds. The zero-order valence-electron chi connectivity index (χ0n) is 19.6. The first-order valence-corrected chi connectivity index (χ1v) is 12.2. The van der Waals surface area contributed by atoms with Gasteiger partial charge < -0.3 is 10.1 Å². The Morgan fingerprint density at radius 2 is 1.74 bits per heavy atom. The van der Waals surface area contributed by atoms with Crippen molar-refractivity contribution in [1.29, 1.82) is 0 Å². The van der Waals surface area contributed by atoms with E-state index >= 15 is 0 Å². The molecule has 5 rings (SSSR count). The minimum absolute atomic E-state index is 0.0940. The van der Waals surface area contributed by atoms with Gasteiger partial charge in [-0.2, -0.15) is 9.78 Å². The number of aromatic nitrogens is 4. The van der Waals surface area contributed by atoms with Gasteiger partial charge in [-0.25, -0.2) is 14.4 Å². The van der Waals surface area contributed by atoms with Crippen molar-refractivity contribution >= 4 is 23.5 Å². The summed E-state index contributed by atoms with van der Waals surface area (Å²) in [6, 6.07) is 16.0. The normalized spacial score (nSPS) is 15.3. The first-order valence-electron chi connectivity index (χ1n) is 11.2. The van der Waals surface area contributed by atoms with Gasteiger partial charge in [0.2, 0.25) is 5.91 Å². The van der Waals surface area contributed by atoms with Gasteiger partial charge in [-0.15, -0.1) is 11.8 Å². The number of rotatable bonds is 5. The van der Waals surface area contributed by atoms with E-state index in [0.717, 1.165) is 33.8 Å². The van der Waals surface area contributed by atoms with Crippen LogP contribution in [-0.2, 0) is 11.4 Å². The van der Waals surface area contributed by atoms with Gasteiger partial charge in [-0.1, -0.05) is 24.3 Å². The second-order valence-electron chi connectivity index (χ2n) is 8.43. The van der Waals surface area contributed by atoms with Crippen molar-refractivity contribution in [2.45, 2.75) is 32.6 Å². The maximum absolute atomic E-state index is 13.1. The third-order valence-corrected chi connectivity index (χ3v) is 6.94. The maximum Gasteiger partial charge on any atom is 0.252 e. The van der Waals surface area contributed by atoms with Gasteiger partial charge in [0.25, 0.3) is 5.95 Å². The minimum Gasteiger partial charge on any atom is -0.489 e. The van der Waals surface area contributed by atoms with Crippen molar-refractivity contribution in [1.82, 2.24) is 19.7 Å². The van der Waals surface area contributed by atoms with E-state index in [4.69, 9.17) is 9.84 Å². The number of aryl methyl sites for hydroxylation is 3. The highest BCUT2D eigenvalue weighted by Gasteiger charge is 2.31. The van der Waals surface area contributed by atoms with Crippen molar-refractivity contribution in [3.8, 4) is 11.7 Å². The first-order chi connectivity index (χ1) is 16.9. The Labute approximate surface area is 206 Å². The third-order valence-electron chi connectivity index (χ3n) is 5.67.